The zero-order valence-electron chi connectivity index (χ0n) is 17.0. The van der Waals surface area contributed by atoms with Crippen LogP contribution < -0.4 is 10.2 Å². The second-order valence-corrected chi connectivity index (χ2v) is 7.62. The highest BCUT2D eigenvalue weighted by atomic mass is 19.1. The normalized spacial score (nSPS) is 16.1. The number of rotatable bonds is 7. The Kier molecular flexibility index (Phi) is 6.02. The largest absolute Gasteiger partial charge is 0.352 e. The van der Waals surface area contributed by atoms with Crippen molar-refractivity contribution < 1.29 is 9.18 Å². The van der Waals surface area contributed by atoms with Crippen LogP contribution in [0.2, 0.25) is 0 Å². The molecule has 0 spiro atoms. The molecule has 1 amide bonds. The van der Waals surface area contributed by atoms with Gasteiger partial charge in [0.2, 0.25) is 11.9 Å². The van der Waals surface area contributed by atoms with Gasteiger partial charge in [-0.2, -0.15) is 5.10 Å². The molecule has 7 nitrogen and oxygen atoms in total. The third kappa shape index (κ3) is 5.00. The summed E-state index contributed by atoms with van der Waals surface area (Å²) in [6, 6.07) is 8.40. The number of hydrogen-bond acceptors (Lipinski definition) is 5. The molecule has 0 saturated carbocycles. The van der Waals surface area contributed by atoms with E-state index >= 15 is 0 Å². The van der Waals surface area contributed by atoms with Gasteiger partial charge in [0.15, 0.2) is 0 Å². The molecule has 1 unspecified atom stereocenters. The average Bonchev–Trinajstić information content (AvgIpc) is 3.39. The minimum Gasteiger partial charge on any atom is -0.352 e. The first-order chi connectivity index (χ1) is 14.6. The fourth-order valence-corrected chi connectivity index (χ4v) is 3.68. The molecular formula is C22H25FN6O. The van der Waals surface area contributed by atoms with E-state index < -0.39 is 0 Å². The highest BCUT2D eigenvalue weighted by molar-refractivity contribution is 5.76. The molecule has 30 heavy (non-hydrogen) atoms. The van der Waals surface area contributed by atoms with Crippen LogP contribution in [-0.2, 0) is 18.3 Å². The second kappa shape index (κ2) is 9.02. The molecule has 1 aliphatic rings. The Labute approximate surface area is 175 Å². The Morgan fingerprint density at radius 2 is 2.10 bits per heavy atom. The Morgan fingerprint density at radius 1 is 1.27 bits per heavy atom. The summed E-state index contributed by atoms with van der Waals surface area (Å²) < 4.78 is 14.7. The number of nitrogens with zero attached hydrogens (tertiary/aromatic N) is 5. The van der Waals surface area contributed by atoms with Gasteiger partial charge in [0.05, 0.1) is 11.9 Å². The molecule has 3 aromatic rings. The number of aromatic nitrogens is 4. The lowest BCUT2D eigenvalue weighted by Gasteiger charge is -2.17. The SMILES string of the molecule is Cn1cc(-c2ccnc(N3CCC(NC(=O)CCCc4ccc(F)cc4)C3)n2)cn1. The topological polar surface area (TPSA) is 75.9 Å². The Bertz CT molecular complexity index is 1000. The molecule has 1 atom stereocenters. The van der Waals surface area contributed by atoms with E-state index in [4.69, 9.17) is 0 Å². The molecule has 156 valence electrons. The van der Waals surface area contributed by atoms with Crippen molar-refractivity contribution in [1.29, 1.82) is 0 Å². The Hall–Kier alpha value is -3.29. The molecule has 1 fully saturated rings. The fourth-order valence-electron chi connectivity index (χ4n) is 3.68. The van der Waals surface area contributed by atoms with Crippen LogP contribution in [0, 0.1) is 5.82 Å². The van der Waals surface area contributed by atoms with Gasteiger partial charge in [0.1, 0.15) is 5.82 Å². The molecule has 1 aromatic carbocycles. The van der Waals surface area contributed by atoms with Gasteiger partial charge in [0.25, 0.3) is 0 Å². The first-order valence-electron chi connectivity index (χ1n) is 10.2. The summed E-state index contributed by atoms with van der Waals surface area (Å²) in [6.07, 6.45) is 8.29. The first kappa shape index (κ1) is 20.0. The molecule has 1 saturated heterocycles. The van der Waals surface area contributed by atoms with Crippen LogP contribution in [0.3, 0.4) is 0 Å². The zero-order chi connectivity index (χ0) is 20.9. The van der Waals surface area contributed by atoms with Gasteiger partial charge in [-0.1, -0.05) is 12.1 Å². The predicted octanol–water partition coefficient (Wildman–Crippen LogP) is 2.73. The van der Waals surface area contributed by atoms with Crippen molar-refractivity contribution in [2.24, 2.45) is 7.05 Å². The van der Waals surface area contributed by atoms with Gasteiger partial charge in [-0.05, 0) is 43.0 Å². The molecular weight excluding hydrogens is 383 g/mol. The van der Waals surface area contributed by atoms with Crippen LogP contribution in [0.15, 0.2) is 48.9 Å². The van der Waals surface area contributed by atoms with Crippen molar-refractivity contribution in [3.8, 4) is 11.3 Å². The van der Waals surface area contributed by atoms with Crippen LogP contribution >= 0.6 is 0 Å². The highest BCUT2D eigenvalue weighted by Crippen LogP contribution is 2.21. The summed E-state index contributed by atoms with van der Waals surface area (Å²) in [5, 5.41) is 7.31. The lowest BCUT2D eigenvalue weighted by atomic mass is 10.1. The Balaban J connectivity index is 1.26. The maximum Gasteiger partial charge on any atom is 0.225 e. The van der Waals surface area contributed by atoms with Crippen molar-refractivity contribution >= 4 is 11.9 Å². The summed E-state index contributed by atoms with van der Waals surface area (Å²) in [7, 11) is 1.87. The number of hydrogen-bond donors (Lipinski definition) is 1. The number of carbonyl (C=O) groups is 1. The minimum atomic E-state index is -0.239. The van der Waals surface area contributed by atoms with Crippen molar-refractivity contribution in [1.82, 2.24) is 25.1 Å². The van der Waals surface area contributed by atoms with E-state index in [0.717, 1.165) is 42.6 Å². The van der Waals surface area contributed by atoms with Crippen LogP contribution in [0.5, 0.6) is 0 Å². The predicted molar refractivity (Wildman–Crippen MR) is 112 cm³/mol. The summed E-state index contributed by atoms with van der Waals surface area (Å²) in [5.41, 5.74) is 2.83. The second-order valence-electron chi connectivity index (χ2n) is 7.62. The maximum atomic E-state index is 12.9. The van der Waals surface area contributed by atoms with Gasteiger partial charge < -0.3 is 10.2 Å². The van der Waals surface area contributed by atoms with Crippen LogP contribution in [-0.4, -0.2) is 44.8 Å². The number of amides is 1. The number of carbonyl (C=O) groups excluding carboxylic acids is 1. The third-order valence-corrected chi connectivity index (χ3v) is 5.26. The van der Waals surface area contributed by atoms with Crippen molar-refractivity contribution in [3.63, 3.8) is 0 Å². The van der Waals surface area contributed by atoms with Gasteiger partial charge in [0, 0.05) is 50.6 Å². The molecule has 4 rings (SSSR count). The molecule has 3 heterocycles. The summed E-state index contributed by atoms with van der Waals surface area (Å²) >= 11 is 0. The van der Waals surface area contributed by atoms with E-state index in [9.17, 15) is 9.18 Å². The number of benzene rings is 1. The van der Waals surface area contributed by atoms with Crippen molar-refractivity contribution in [2.75, 3.05) is 18.0 Å². The summed E-state index contributed by atoms with van der Waals surface area (Å²) in [4.78, 5) is 23.5. The standard InChI is InChI=1S/C22H25FN6O/c1-28-14-17(13-25-28)20-9-11-24-22(27-20)29-12-10-19(15-29)26-21(30)4-2-3-16-5-7-18(23)8-6-16/h5-9,11,13-14,19H,2-4,10,12,15H2,1H3,(H,26,30). The molecule has 0 radical (unpaired) electrons. The van der Waals surface area contributed by atoms with Crippen LogP contribution in [0.25, 0.3) is 11.3 Å². The molecule has 2 aromatic heterocycles. The van der Waals surface area contributed by atoms with E-state index in [0.29, 0.717) is 18.9 Å². The maximum absolute atomic E-state index is 12.9. The van der Waals surface area contributed by atoms with E-state index in [1.807, 2.05) is 19.3 Å². The molecule has 8 heteroatoms. The third-order valence-electron chi connectivity index (χ3n) is 5.26. The lowest BCUT2D eigenvalue weighted by molar-refractivity contribution is -0.121. The number of anilines is 1. The number of aryl methyl sites for hydroxylation is 2. The smallest absolute Gasteiger partial charge is 0.225 e. The molecule has 1 N–H and O–H groups in total. The van der Waals surface area contributed by atoms with Gasteiger partial charge in [-0.3, -0.25) is 9.48 Å². The number of nitrogens with one attached hydrogen (secondary N) is 1. The molecule has 1 aliphatic heterocycles. The van der Waals surface area contributed by atoms with E-state index in [1.54, 1.807) is 29.2 Å². The average molecular weight is 408 g/mol. The van der Waals surface area contributed by atoms with Gasteiger partial charge >= 0.3 is 0 Å². The monoisotopic (exact) mass is 408 g/mol. The zero-order valence-corrected chi connectivity index (χ0v) is 17.0. The van der Waals surface area contributed by atoms with Gasteiger partial charge in [-0.15, -0.1) is 0 Å². The van der Waals surface area contributed by atoms with E-state index in [-0.39, 0.29) is 17.8 Å². The quantitative estimate of drug-likeness (QED) is 0.651. The minimum absolute atomic E-state index is 0.0500. The lowest BCUT2D eigenvalue weighted by Crippen LogP contribution is -2.37. The summed E-state index contributed by atoms with van der Waals surface area (Å²) in [5.74, 6) is 0.482. The van der Waals surface area contributed by atoms with Crippen molar-refractivity contribution in [2.45, 2.75) is 31.7 Å². The Morgan fingerprint density at radius 3 is 2.87 bits per heavy atom. The van der Waals surface area contributed by atoms with Crippen molar-refractivity contribution in [3.05, 3.63) is 60.3 Å². The number of halogens is 1. The molecule has 0 bridgehead atoms. The van der Waals surface area contributed by atoms with Gasteiger partial charge in [-0.25, -0.2) is 14.4 Å². The molecule has 0 aliphatic carbocycles. The van der Waals surface area contributed by atoms with E-state index in [2.05, 4.69) is 25.3 Å². The van der Waals surface area contributed by atoms with Crippen LogP contribution in [0.1, 0.15) is 24.8 Å². The summed E-state index contributed by atoms with van der Waals surface area (Å²) in [6.45, 7) is 1.50. The first-order valence-corrected chi connectivity index (χ1v) is 10.2. The van der Waals surface area contributed by atoms with E-state index in [1.165, 1.54) is 12.1 Å². The highest BCUT2D eigenvalue weighted by Gasteiger charge is 2.25. The fraction of sp³-hybridized carbons (Fsp3) is 0.364. The van der Waals surface area contributed by atoms with Crippen LogP contribution in [0.4, 0.5) is 10.3 Å².